The summed E-state index contributed by atoms with van der Waals surface area (Å²) in [4.78, 5) is 14.9. The van der Waals surface area contributed by atoms with Crippen LogP contribution < -0.4 is 10.5 Å². The largest absolute Gasteiger partial charge is 0.477 e. The molecule has 3 rings (SSSR count). The fourth-order valence-electron chi connectivity index (χ4n) is 2.04. The summed E-state index contributed by atoms with van der Waals surface area (Å²) in [6.07, 6.45) is 0. The number of ether oxygens (including phenoxy) is 1. The van der Waals surface area contributed by atoms with Gasteiger partial charge in [-0.3, -0.25) is 0 Å². The average molecular weight is 280 g/mol. The first-order valence-corrected chi connectivity index (χ1v) is 6.30. The Labute approximate surface area is 120 Å². The molecule has 2 aromatic carbocycles. The third-order valence-corrected chi connectivity index (χ3v) is 3.07. The normalized spacial score (nSPS) is 10.5. The molecule has 0 aliphatic carbocycles. The van der Waals surface area contributed by atoms with Crippen LogP contribution in [0, 0.1) is 0 Å². The van der Waals surface area contributed by atoms with Gasteiger partial charge in [0.25, 0.3) is 0 Å². The number of nitrogens with two attached hydrogens (primary N) is 1. The van der Waals surface area contributed by atoms with Gasteiger partial charge in [-0.25, -0.2) is 9.78 Å². The van der Waals surface area contributed by atoms with Crippen LogP contribution in [-0.4, -0.2) is 16.1 Å². The molecule has 0 saturated carbocycles. The first-order valence-electron chi connectivity index (χ1n) is 6.30. The summed E-state index contributed by atoms with van der Waals surface area (Å²) in [6, 6.07) is 16.1. The summed E-state index contributed by atoms with van der Waals surface area (Å²) in [5.74, 6) is -0.459. The highest BCUT2D eigenvalue weighted by atomic mass is 16.5. The number of pyridine rings is 1. The molecule has 0 aliphatic heterocycles. The van der Waals surface area contributed by atoms with Crippen molar-refractivity contribution in [2.45, 2.75) is 0 Å². The predicted octanol–water partition coefficient (Wildman–Crippen LogP) is 3.31. The van der Waals surface area contributed by atoms with Crippen LogP contribution in [0.15, 0.2) is 54.6 Å². The second kappa shape index (κ2) is 5.13. The number of hydrogen-bond acceptors (Lipinski definition) is 4. The number of anilines is 1. The molecule has 3 aromatic rings. The molecule has 0 fully saturated rings. The van der Waals surface area contributed by atoms with Gasteiger partial charge < -0.3 is 15.6 Å². The number of aromatic carboxylic acids is 1. The number of fused-ring (bicyclic) bond motifs is 1. The van der Waals surface area contributed by atoms with E-state index in [0.717, 1.165) is 10.8 Å². The van der Waals surface area contributed by atoms with Crippen molar-refractivity contribution >= 4 is 22.4 Å². The molecule has 1 aromatic heterocycles. The van der Waals surface area contributed by atoms with E-state index in [1.165, 1.54) is 12.1 Å². The van der Waals surface area contributed by atoms with Gasteiger partial charge in [0.1, 0.15) is 5.75 Å². The van der Waals surface area contributed by atoms with Crippen molar-refractivity contribution in [3.05, 3.63) is 60.3 Å². The minimum Gasteiger partial charge on any atom is -0.477 e. The zero-order valence-electron chi connectivity index (χ0n) is 11.0. The van der Waals surface area contributed by atoms with Crippen LogP contribution in [-0.2, 0) is 0 Å². The average Bonchev–Trinajstić information content (AvgIpc) is 2.49. The van der Waals surface area contributed by atoms with Gasteiger partial charge in [-0.1, -0.05) is 36.4 Å². The van der Waals surface area contributed by atoms with Crippen LogP contribution in [0.3, 0.4) is 0 Å². The Kier molecular flexibility index (Phi) is 3.16. The zero-order chi connectivity index (χ0) is 14.8. The van der Waals surface area contributed by atoms with E-state index >= 15 is 0 Å². The maximum absolute atomic E-state index is 11.0. The van der Waals surface area contributed by atoms with Crippen molar-refractivity contribution < 1.29 is 14.6 Å². The van der Waals surface area contributed by atoms with Gasteiger partial charge in [0.15, 0.2) is 5.69 Å². The maximum atomic E-state index is 11.0. The van der Waals surface area contributed by atoms with E-state index in [1.54, 1.807) is 6.07 Å². The van der Waals surface area contributed by atoms with Gasteiger partial charge in [-0.15, -0.1) is 0 Å². The number of nitrogens with zero attached hydrogens (tertiary/aromatic N) is 1. The number of nitrogen functional groups attached to an aromatic ring is 1. The lowest BCUT2D eigenvalue weighted by atomic mass is 10.1. The smallest absolute Gasteiger partial charge is 0.354 e. The molecule has 0 saturated heterocycles. The quantitative estimate of drug-likeness (QED) is 0.768. The molecule has 1 heterocycles. The summed E-state index contributed by atoms with van der Waals surface area (Å²) in [5, 5.41) is 10.9. The van der Waals surface area contributed by atoms with E-state index in [4.69, 9.17) is 15.6 Å². The molecule has 104 valence electrons. The number of hydrogen-bond donors (Lipinski definition) is 2. The van der Waals surface area contributed by atoms with E-state index in [2.05, 4.69) is 4.98 Å². The molecule has 0 amide bonds. The molecule has 0 unspecified atom stereocenters. The lowest BCUT2D eigenvalue weighted by Crippen LogP contribution is -2.03. The Balaban J connectivity index is 2.06. The van der Waals surface area contributed by atoms with Crippen molar-refractivity contribution in [2.24, 2.45) is 0 Å². The highest BCUT2D eigenvalue weighted by Gasteiger charge is 2.11. The highest BCUT2D eigenvalue weighted by molar-refractivity contribution is 5.89. The molecule has 3 N–H and O–H groups in total. The molecule has 0 atom stereocenters. The molecule has 21 heavy (non-hydrogen) atoms. The van der Waals surface area contributed by atoms with Crippen LogP contribution in [0.2, 0.25) is 0 Å². The van der Waals surface area contributed by atoms with Gasteiger partial charge in [-0.2, -0.15) is 0 Å². The molecule has 5 heteroatoms. The van der Waals surface area contributed by atoms with Gasteiger partial charge in [0.05, 0.1) is 5.69 Å². The summed E-state index contributed by atoms with van der Waals surface area (Å²) in [5.41, 5.74) is 5.97. The molecule has 0 radical (unpaired) electrons. The Bertz CT molecular complexity index is 825. The van der Waals surface area contributed by atoms with Gasteiger partial charge >= 0.3 is 5.97 Å². The molecule has 0 bridgehead atoms. The van der Waals surface area contributed by atoms with Crippen molar-refractivity contribution in [1.29, 1.82) is 0 Å². The van der Waals surface area contributed by atoms with Gasteiger partial charge in [0.2, 0.25) is 5.88 Å². The van der Waals surface area contributed by atoms with E-state index in [-0.39, 0.29) is 17.3 Å². The summed E-state index contributed by atoms with van der Waals surface area (Å²) in [7, 11) is 0. The maximum Gasteiger partial charge on any atom is 0.354 e. The minimum absolute atomic E-state index is 0.0891. The number of aromatic nitrogens is 1. The van der Waals surface area contributed by atoms with Crippen LogP contribution in [0.4, 0.5) is 5.69 Å². The number of benzene rings is 2. The first kappa shape index (κ1) is 12.9. The van der Waals surface area contributed by atoms with E-state index < -0.39 is 5.97 Å². The minimum atomic E-state index is -1.13. The predicted molar refractivity (Wildman–Crippen MR) is 79.6 cm³/mol. The fourth-order valence-corrected chi connectivity index (χ4v) is 2.04. The van der Waals surface area contributed by atoms with Crippen LogP contribution in [0.1, 0.15) is 10.5 Å². The van der Waals surface area contributed by atoms with Crippen LogP contribution >= 0.6 is 0 Å². The zero-order valence-corrected chi connectivity index (χ0v) is 11.0. The van der Waals surface area contributed by atoms with Crippen molar-refractivity contribution in [1.82, 2.24) is 4.98 Å². The SMILES string of the molecule is Nc1ccc(C(=O)O)nc1Oc1cccc2ccccc12. The summed E-state index contributed by atoms with van der Waals surface area (Å²) < 4.78 is 5.71. The first-order chi connectivity index (χ1) is 10.1. The van der Waals surface area contributed by atoms with Crippen molar-refractivity contribution in [3.8, 4) is 11.6 Å². The van der Waals surface area contributed by atoms with Gasteiger partial charge in [0, 0.05) is 5.39 Å². The molecule has 0 aliphatic rings. The van der Waals surface area contributed by atoms with Gasteiger partial charge in [-0.05, 0) is 23.6 Å². The Morgan fingerprint density at radius 3 is 2.62 bits per heavy atom. The van der Waals surface area contributed by atoms with Crippen molar-refractivity contribution in [2.75, 3.05) is 5.73 Å². The monoisotopic (exact) mass is 280 g/mol. The third-order valence-electron chi connectivity index (χ3n) is 3.07. The molecular weight excluding hydrogens is 268 g/mol. The molecular formula is C16H12N2O3. The second-order valence-corrected chi connectivity index (χ2v) is 4.48. The number of rotatable bonds is 3. The standard InChI is InChI=1S/C16H12N2O3/c17-12-8-9-13(16(19)20)18-15(12)21-14-7-3-5-10-4-1-2-6-11(10)14/h1-9H,17H2,(H,19,20). The third kappa shape index (κ3) is 2.49. The summed E-state index contributed by atoms with van der Waals surface area (Å²) >= 11 is 0. The van der Waals surface area contributed by atoms with E-state index in [0.29, 0.717) is 5.75 Å². The number of carbonyl (C=O) groups is 1. The molecule has 0 spiro atoms. The second-order valence-electron chi connectivity index (χ2n) is 4.48. The highest BCUT2D eigenvalue weighted by Crippen LogP contribution is 2.31. The summed E-state index contributed by atoms with van der Waals surface area (Å²) in [6.45, 7) is 0. The Morgan fingerprint density at radius 1 is 1.05 bits per heavy atom. The van der Waals surface area contributed by atoms with Crippen LogP contribution in [0.25, 0.3) is 10.8 Å². The van der Waals surface area contributed by atoms with Crippen LogP contribution in [0.5, 0.6) is 11.6 Å². The number of carboxylic acids is 1. The lowest BCUT2D eigenvalue weighted by Gasteiger charge is -2.10. The van der Waals surface area contributed by atoms with E-state index in [9.17, 15) is 4.79 Å². The number of carboxylic acid groups (broad SMARTS) is 1. The van der Waals surface area contributed by atoms with Crippen molar-refractivity contribution in [3.63, 3.8) is 0 Å². The molecule has 5 nitrogen and oxygen atoms in total. The Hall–Kier alpha value is -3.08. The van der Waals surface area contributed by atoms with E-state index in [1.807, 2.05) is 36.4 Å². The fraction of sp³-hybridized carbons (Fsp3) is 0. The topological polar surface area (TPSA) is 85.4 Å². The Morgan fingerprint density at radius 2 is 1.81 bits per heavy atom. The lowest BCUT2D eigenvalue weighted by molar-refractivity contribution is 0.0689.